The van der Waals surface area contributed by atoms with Gasteiger partial charge >= 0.3 is 0 Å². The summed E-state index contributed by atoms with van der Waals surface area (Å²) in [6, 6.07) is 5.06. The molecular weight excluding hydrogens is 368 g/mol. The number of thioether (sulfide) groups is 1. The smallest absolute Gasteiger partial charge is 0.237 e. The van der Waals surface area contributed by atoms with Crippen LogP contribution in [0.15, 0.2) is 35.2 Å². The van der Waals surface area contributed by atoms with Crippen LogP contribution in [0.3, 0.4) is 0 Å². The van der Waals surface area contributed by atoms with Gasteiger partial charge in [0.15, 0.2) is 4.34 Å². The molecule has 0 saturated carbocycles. The third kappa shape index (κ3) is 5.12. The first-order valence-corrected chi connectivity index (χ1v) is 9.10. The maximum atomic E-state index is 12.4. The van der Waals surface area contributed by atoms with Gasteiger partial charge in [0.1, 0.15) is 5.75 Å². The van der Waals surface area contributed by atoms with Crippen LogP contribution in [0.2, 0.25) is 5.02 Å². The summed E-state index contributed by atoms with van der Waals surface area (Å²) in [6.07, 6.45) is 1.74. The highest BCUT2D eigenvalue weighted by molar-refractivity contribution is 8.02. The van der Waals surface area contributed by atoms with Crippen molar-refractivity contribution in [2.24, 2.45) is 0 Å². The molecule has 1 amide bonds. The summed E-state index contributed by atoms with van der Waals surface area (Å²) in [6.45, 7) is 6.05. The molecule has 2 N–H and O–H groups in total. The number of nitrogens with zero attached hydrogens (tertiary/aromatic N) is 2. The number of aromatic nitrogens is 2. The standard InChI is InChI=1S/C15H17ClN4O2S2/c1-4-7-17-14-19-20-15(24-14)23-9(2)13(21)18-11-8-10(16)5-6-12(11)22-3/h4-6,8-9H,1,7H2,2-3H3,(H,17,19)(H,18,21)/t9-/m0/s1. The summed E-state index contributed by atoms with van der Waals surface area (Å²) in [4.78, 5) is 12.4. The lowest BCUT2D eigenvalue weighted by Crippen LogP contribution is -2.22. The van der Waals surface area contributed by atoms with Crippen LogP contribution in [-0.2, 0) is 4.79 Å². The summed E-state index contributed by atoms with van der Waals surface area (Å²) >= 11 is 8.70. The number of benzene rings is 1. The van der Waals surface area contributed by atoms with Gasteiger partial charge in [-0.2, -0.15) is 0 Å². The molecule has 0 radical (unpaired) electrons. The summed E-state index contributed by atoms with van der Waals surface area (Å²) in [5.41, 5.74) is 0.535. The molecule has 0 aliphatic carbocycles. The highest BCUT2D eigenvalue weighted by Crippen LogP contribution is 2.31. The maximum absolute atomic E-state index is 12.4. The number of carbonyl (C=O) groups is 1. The van der Waals surface area contributed by atoms with Crippen molar-refractivity contribution in [3.05, 3.63) is 35.9 Å². The van der Waals surface area contributed by atoms with Crippen molar-refractivity contribution in [2.75, 3.05) is 24.3 Å². The third-order valence-electron chi connectivity index (χ3n) is 2.87. The normalized spacial score (nSPS) is 11.6. The quantitative estimate of drug-likeness (QED) is 0.530. The van der Waals surface area contributed by atoms with Crippen molar-refractivity contribution in [1.82, 2.24) is 10.2 Å². The molecule has 1 heterocycles. The Labute approximate surface area is 153 Å². The lowest BCUT2D eigenvalue weighted by atomic mass is 10.3. The van der Waals surface area contributed by atoms with Gasteiger partial charge in [0.05, 0.1) is 18.0 Å². The predicted octanol–water partition coefficient (Wildman–Crippen LogP) is 3.92. The van der Waals surface area contributed by atoms with Gasteiger partial charge < -0.3 is 15.4 Å². The number of halogens is 1. The molecule has 0 aliphatic rings. The lowest BCUT2D eigenvalue weighted by molar-refractivity contribution is -0.115. The lowest BCUT2D eigenvalue weighted by Gasteiger charge is -2.13. The first-order valence-electron chi connectivity index (χ1n) is 7.02. The number of carbonyl (C=O) groups excluding carboxylic acids is 1. The SMILES string of the molecule is C=CCNc1nnc(S[C@@H](C)C(=O)Nc2cc(Cl)ccc2OC)s1. The second-order valence-corrected chi connectivity index (χ2v) is 7.64. The zero-order valence-electron chi connectivity index (χ0n) is 13.2. The van der Waals surface area contributed by atoms with Gasteiger partial charge in [0.2, 0.25) is 11.0 Å². The van der Waals surface area contributed by atoms with Crippen molar-refractivity contribution in [3.8, 4) is 5.75 Å². The van der Waals surface area contributed by atoms with Crippen LogP contribution in [0.4, 0.5) is 10.8 Å². The predicted molar refractivity (Wildman–Crippen MR) is 101 cm³/mol. The van der Waals surface area contributed by atoms with E-state index in [1.165, 1.54) is 30.2 Å². The van der Waals surface area contributed by atoms with Crippen LogP contribution in [0.5, 0.6) is 5.75 Å². The third-order valence-corrected chi connectivity index (χ3v) is 5.17. The topological polar surface area (TPSA) is 76.1 Å². The van der Waals surface area contributed by atoms with E-state index in [-0.39, 0.29) is 11.2 Å². The first-order chi connectivity index (χ1) is 11.5. The van der Waals surface area contributed by atoms with E-state index in [0.717, 1.165) is 0 Å². The van der Waals surface area contributed by atoms with E-state index < -0.39 is 0 Å². The molecule has 0 saturated heterocycles. The Bertz CT molecular complexity index is 723. The summed E-state index contributed by atoms with van der Waals surface area (Å²) < 4.78 is 5.93. The zero-order chi connectivity index (χ0) is 17.5. The van der Waals surface area contributed by atoms with Crippen LogP contribution < -0.4 is 15.4 Å². The van der Waals surface area contributed by atoms with E-state index in [1.54, 1.807) is 31.2 Å². The Morgan fingerprint density at radius 2 is 2.33 bits per heavy atom. The van der Waals surface area contributed by atoms with Gasteiger partial charge in [0.25, 0.3) is 0 Å². The second-order valence-electron chi connectivity index (χ2n) is 4.64. The Morgan fingerprint density at radius 1 is 1.54 bits per heavy atom. The minimum atomic E-state index is -0.353. The Hall–Kier alpha value is -1.77. The van der Waals surface area contributed by atoms with E-state index in [2.05, 4.69) is 27.4 Å². The molecule has 0 fully saturated rings. The molecule has 1 aromatic heterocycles. The molecular formula is C15H17ClN4O2S2. The van der Waals surface area contributed by atoms with Crippen molar-refractivity contribution in [3.63, 3.8) is 0 Å². The number of anilines is 2. The number of ether oxygens (including phenoxy) is 1. The molecule has 9 heteroatoms. The molecule has 2 rings (SSSR count). The number of hydrogen-bond acceptors (Lipinski definition) is 7. The molecule has 6 nitrogen and oxygen atoms in total. The molecule has 0 aliphatic heterocycles. The van der Waals surface area contributed by atoms with E-state index in [0.29, 0.717) is 32.5 Å². The highest BCUT2D eigenvalue weighted by atomic mass is 35.5. The monoisotopic (exact) mass is 384 g/mol. The summed E-state index contributed by atoms with van der Waals surface area (Å²) in [7, 11) is 1.54. The fourth-order valence-corrected chi connectivity index (χ4v) is 3.78. The average molecular weight is 385 g/mol. The van der Waals surface area contributed by atoms with E-state index in [1.807, 2.05) is 0 Å². The van der Waals surface area contributed by atoms with Crippen LogP contribution in [0.25, 0.3) is 0 Å². The van der Waals surface area contributed by atoms with Gasteiger partial charge in [-0.3, -0.25) is 4.79 Å². The van der Waals surface area contributed by atoms with Crippen molar-refractivity contribution < 1.29 is 9.53 Å². The molecule has 0 unspecified atom stereocenters. The summed E-state index contributed by atoms with van der Waals surface area (Å²) in [5.74, 6) is 0.383. The van der Waals surface area contributed by atoms with Gasteiger partial charge in [0, 0.05) is 11.6 Å². The molecule has 1 aromatic carbocycles. The molecule has 0 spiro atoms. The van der Waals surface area contributed by atoms with E-state index in [4.69, 9.17) is 16.3 Å². The first kappa shape index (κ1) is 18.6. The minimum absolute atomic E-state index is 0.170. The van der Waals surface area contributed by atoms with Gasteiger partial charge in [-0.1, -0.05) is 40.8 Å². The van der Waals surface area contributed by atoms with Crippen LogP contribution in [0.1, 0.15) is 6.92 Å². The summed E-state index contributed by atoms with van der Waals surface area (Å²) in [5, 5.41) is 14.8. The molecule has 0 bridgehead atoms. The second kappa shape index (κ2) is 8.91. The van der Waals surface area contributed by atoms with Gasteiger partial charge in [-0.25, -0.2) is 0 Å². The number of rotatable bonds is 8. The molecule has 24 heavy (non-hydrogen) atoms. The van der Waals surface area contributed by atoms with E-state index >= 15 is 0 Å². The molecule has 2 aromatic rings. The van der Waals surface area contributed by atoms with Crippen molar-refractivity contribution in [2.45, 2.75) is 16.5 Å². The van der Waals surface area contributed by atoms with Gasteiger partial charge in [-0.05, 0) is 25.1 Å². The number of hydrogen-bond donors (Lipinski definition) is 2. The fourth-order valence-electron chi connectivity index (χ4n) is 1.71. The van der Waals surface area contributed by atoms with Crippen molar-refractivity contribution in [1.29, 1.82) is 0 Å². The number of amides is 1. The Morgan fingerprint density at radius 3 is 3.04 bits per heavy atom. The zero-order valence-corrected chi connectivity index (χ0v) is 15.6. The molecule has 128 valence electrons. The average Bonchev–Trinajstić information content (AvgIpc) is 3.00. The highest BCUT2D eigenvalue weighted by Gasteiger charge is 2.18. The van der Waals surface area contributed by atoms with Crippen LogP contribution in [-0.4, -0.2) is 35.0 Å². The largest absolute Gasteiger partial charge is 0.495 e. The maximum Gasteiger partial charge on any atom is 0.237 e. The number of methoxy groups -OCH3 is 1. The van der Waals surface area contributed by atoms with Gasteiger partial charge in [-0.15, -0.1) is 16.8 Å². The van der Waals surface area contributed by atoms with Crippen molar-refractivity contribution >= 4 is 51.4 Å². The minimum Gasteiger partial charge on any atom is -0.495 e. The fraction of sp³-hybridized carbons (Fsp3) is 0.267. The Balaban J connectivity index is 1.98. The van der Waals surface area contributed by atoms with Crippen LogP contribution >= 0.6 is 34.7 Å². The van der Waals surface area contributed by atoms with Crippen LogP contribution in [0, 0.1) is 0 Å². The van der Waals surface area contributed by atoms with E-state index in [9.17, 15) is 4.79 Å². The Kier molecular flexibility index (Phi) is 6.89. The number of nitrogens with one attached hydrogen (secondary N) is 2. The molecule has 1 atom stereocenters.